The molecule has 12 heteroatoms. The van der Waals surface area contributed by atoms with Crippen molar-refractivity contribution >= 4 is 40.7 Å². The summed E-state index contributed by atoms with van der Waals surface area (Å²) in [7, 11) is 5.34. The highest BCUT2D eigenvalue weighted by molar-refractivity contribution is 5.98. The topological polar surface area (TPSA) is 126 Å². The maximum atomic E-state index is 13.2. The molecule has 1 aliphatic heterocycles. The number of pyridine rings is 1. The van der Waals surface area contributed by atoms with E-state index in [4.69, 9.17) is 9.72 Å². The summed E-state index contributed by atoms with van der Waals surface area (Å²) in [5, 5.41) is 3.98. The lowest BCUT2D eigenvalue weighted by atomic mass is 9.60. The van der Waals surface area contributed by atoms with E-state index in [1.165, 1.54) is 0 Å². The van der Waals surface area contributed by atoms with Crippen molar-refractivity contribution in [3.63, 3.8) is 0 Å². The van der Waals surface area contributed by atoms with Gasteiger partial charge in [0, 0.05) is 69.5 Å². The lowest BCUT2D eigenvalue weighted by Gasteiger charge is -2.60. The molecule has 0 bridgehead atoms. The number of rotatable bonds is 6. The summed E-state index contributed by atoms with van der Waals surface area (Å²) in [4.78, 5) is 57.4. The van der Waals surface area contributed by atoms with Crippen molar-refractivity contribution in [3.05, 3.63) is 41.9 Å². The molecular weight excluding hydrogens is 560 g/mol. The molecule has 0 aromatic carbocycles. The van der Waals surface area contributed by atoms with Crippen LogP contribution in [0.3, 0.4) is 0 Å². The van der Waals surface area contributed by atoms with Gasteiger partial charge in [-0.15, -0.1) is 0 Å². The van der Waals surface area contributed by atoms with Gasteiger partial charge >= 0.3 is 6.09 Å². The zero-order valence-corrected chi connectivity index (χ0v) is 26.5. The molecule has 6 rings (SSSR count). The van der Waals surface area contributed by atoms with Gasteiger partial charge in [-0.2, -0.15) is 4.98 Å². The summed E-state index contributed by atoms with van der Waals surface area (Å²) >= 11 is 0. The third-order valence-corrected chi connectivity index (χ3v) is 9.05. The SMILES string of the molecule is CN(C)C(=O)c1cc2cnc(Nc3ccc(C(=O)N(C)C4CC5(C4)CN(C(=O)OC(C)(C)C)C5)cn3)nc2n1C1CCCC1. The molecule has 0 unspecified atom stereocenters. The Kier molecular flexibility index (Phi) is 7.49. The Labute approximate surface area is 257 Å². The van der Waals surface area contributed by atoms with Gasteiger partial charge in [0.15, 0.2) is 0 Å². The molecule has 3 aromatic rings. The van der Waals surface area contributed by atoms with Gasteiger partial charge in [-0.1, -0.05) is 12.8 Å². The summed E-state index contributed by atoms with van der Waals surface area (Å²) in [5.41, 5.74) is 1.44. The number of nitrogens with zero attached hydrogens (tertiary/aromatic N) is 7. The third-order valence-electron chi connectivity index (χ3n) is 9.05. The van der Waals surface area contributed by atoms with Crippen molar-refractivity contribution in [2.75, 3.05) is 39.5 Å². The highest BCUT2D eigenvalue weighted by Gasteiger charge is 2.55. The van der Waals surface area contributed by atoms with E-state index in [0.29, 0.717) is 36.1 Å². The van der Waals surface area contributed by atoms with E-state index in [0.717, 1.165) is 49.6 Å². The average Bonchev–Trinajstić information content (AvgIpc) is 3.57. The molecule has 3 fully saturated rings. The second kappa shape index (κ2) is 11.0. The van der Waals surface area contributed by atoms with Crippen molar-refractivity contribution < 1.29 is 19.1 Å². The first-order chi connectivity index (χ1) is 20.8. The molecule has 234 valence electrons. The molecule has 0 radical (unpaired) electrons. The summed E-state index contributed by atoms with van der Waals surface area (Å²) in [6.07, 6.45) is 9.06. The van der Waals surface area contributed by atoms with Gasteiger partial charge in [-0.25, -0.2) is 14.8 Å². The molecule has 0 atom stereocenters. The highest BCUT2D eigenvalue weighted by atomic mass is 16.6. The van der Waals surface area contributed by atoms with Gasteiger partial charge in [0.25, 0.3) is 11.8 Å². The minimum absolute atomic E-state index is 0.0520. The predicted octanol–water partition coefficient (Wildman–Crippen LogP) is 4.86. The first kappa shape index (κ1) is 29.8. The van der Waals surface area contributed by atoms with E-state index >= 15 is 0 Å². The van der Waals surface area contributed by atoms with Crippen LogP contribution in [0.4, 0.5) is 16.6 Å². The minimum atomic E-state index is -0.507. The fourth-order valence-corrected chi connectivity index (χ4v) is 6.76. The number of ether oxygens (including phenoxy) is 1. The lowest BCUT2D eigenvalue weighted by molar-refractivity contribution is -0.0980. The van der Waals surface area contributed by atoms with Crippen molar-refractivity contribution in [2.45, 2.75) is 77.0 Å². The first-order valence-corrected chi connectivity index (χ1v) is 15.4. The molecule has 1 saturated heterocycles. The molecule has 1 N–H and O–H groups in total. The number of anilines is 2. The van der Waals surface area contributed by atoms with Gasteiger partial charge in [0.1, 0.15) is 22.8 Å². The van der Waals surface area contributed by atoms with Crippen molar-refractivity contribution in [3.8, 4) is 0 Å². The van der Waals surface area contributed by atoms with Crippen LogP contribution in [-0.4, -0.2) is 98.0 Å². The number of likely N-dealkylation sites (tertiary alicyclic amines) is 1. The van der Waals surface area contributed by atoms with E-state index in [2.05, 4.69) is 19.9 Å². The largest absolute Gasteiger partial charge is 0.444 e. The van der Waals surface area contributed by atoms with Gasteiger partial charge in [0.05, 0.1) is 5.56 Å². The number of carbonyl (C=O) groups excluding carboxylic acids is 3. The second-order valence-corrected chi connectivity index (χ2v) is 13.9. The minimum Gasteiger partial charge on any atom is -0.444 e. The number of carbonyl (C=O) groups is 3. The third kappa shape index (κ3) is 5.69. The van der Waals surface area contributed by atoms with E-state index in [-0.39, 0.29) is 35.4 Å². The molecule has 2 saturated carbocycles. The Morgan fingerprint density at radius 3 is 2.32 bits per heavy atom. The smallest absolute Gasteiger partial charge is 0.410 e. The van der Waals surface area contributed by atoms with Gasteiger partial charge in [-0.3, -0.25) is 9.59 Å². The van der Waals surface area contributed by atoms with E-state index in [9.17, 15) is 14.4 Å². The number of fused-ring (bicyclic) bond motifs is 1. The Hall–Kier alpha value is -4.22. The van der Waals surface area contributed by atoms with Crippen LogP contribution >= 0.6 is 0 Å². The fraction of sp³-hybridized carbons (Fsp3) is 0.562. The van der Waals surface area contributed by atoms with Gasteiger partial charge < -0.3 is 29.3 Å². The molecule has 12 nitrogen and oxygen atoms in total. The zero-order valence-electron chi connectivity index (χ0n) is 26.5. The van der Waals surface area contributed by atoms with Crippen LogP contribution in [0.1, 0.15) is 86.2 Å². The standard InChI is InChI=1S/C32H42N8O4/c1-31(2,3)44-30(43)39-18-32(19-39)14-23(15-32)38(6)27(41)20-11-12-25(33-16-20)35-29-34-17-21-13-24(28(42)37(4)5)40(26(21)36-29)22-9-7-8-10-22/h11-13,16-17,22-23H,7-10,14-15,18-19H2,1-6H3,(H,33,34,35,36). The number of hydrogen-bond donors (Lipinski definition) is 1. The van der Waals surface area contributed by atoms with E-state index in [1.807, 2.05) is 33.9 Å². The monoisotopic (exact) mass is 602 g/mol. The maximum Gasteiger partial charge on any atom is 0.410 e. The van der Waals surface area contributed by atoms with Crippen LogP contribution in [0.2, 0.25) is 0 Å². The Bertz CT molecular complexity index is 1570. The van der Waals surface area contributed by atoms with Crippen molar-refractivity contribution in [2.24, 2.45) is 5.41 Å². The molecule has 3 aromatic heterocycles. The lowest BCUT2D eigenvalue weighted by Crippen LogP contribution is -2.68. The summed E-state index contributed by atoms with van der Waals surface area (Å²) in [6, 6.07) is 5.73. The average molecular weight is 603 g/mol. The summed E-state index contributed by atoms with van der Waals surface area (Å²) in [6.45, 7) is 6.95. The highest BCUT2D eigenvalue weighted by Crippen LogP contribution is 2.50. The van der Waals surface area contributed by atoms with Gasteiger partial charge in [0.2, 0.25) is 5.95 Å². The van der Waals surface area contributed by atoms with Crippen LogP contribution in [0.25, 0.3) is 11.0 Å². The second-order valence-electron chi connectivity index (χ2n) is 13.9. The number of amides is 3. The normalized spacial score (nSPS) is 18.2. The van der Waals surface area contributed by atoms with E-state index < -0.39 is 5.60 Å². The predicted molar refractivity (Wildman–Crippen MR) is 166 cm³/mol. The summed E-state index contributed by atoms with van der Waals surface area (Å²) in [5.74, 6) is 0.760. The summed E-state index contributed by atoms with van der Waals surface area (Å²) < 4.78 is 7.55. The van der Waals surface area contributed by atoms with Gasteiger partial charge in [-0.05, 0) is 64.7 Å². The Balaban J connectivity index is 1.09. The molecule has 2 aliphatic carbocycles. The molecule has 44 heavy (non-hydrogen) atoms. The van der Waals surface area contributed by atoms with Crippen molar-refractivity contribution in [1.82, 2.24) is 34.2 Å². The van der Waals surface area contributed by atoms with Crippen LogP contribution in [0, 0.1) is 5.41 Å². The quantitative estimate of drug-likeness (QED) is 0.424. The zero-order chi connectivity index (χ0) is 31.4. The number of aromatic nitrogens is 4. The van der Waals surface area contributed by atoms with Crippen LogP contribution in [-0.2, 0) is 4.74 Å². The molecule has 1 spiro atoms. The van der Waals surface area contributed by atoms with Crippen LogP contribution in [0.15, 0.2) is 30.6 Å². The number of nitrogens with one attached hydrogen (secondary N) is 1. The molecule has 3 aliphatic rings. The first-order valence-electron chi connectivity index (χ1n) is 15.4. The Morgan fingerprint density at radius 2 is 1.70 bits per heavy atom. The fourth-order valence-electron chi connectivity index (χ4n) is 6.76. The van der Waals surface area contributed by atoms with Crippen molar-refractivity contribution in [1.29, 1.82) is 0 Å². The molecular formula is C32H42N8O4. The van der Waals surface area contributed by atoms with E-state index in [1.54, 1.807) is 53.3 Å². The maximum absolute atomic E-state index is 13.2. The van der Waals surface area contributed by atoms with Crippen LogP contribution in [0.5, 0.6) is 0 Å². The van der Waals surface area contributed by atoms with Crippen LogP contribution < -0.4 is 5.32 Å². The number of hydrogen-bond acceptors (Lipinski definition) is 8. The Morgan fingerprint density at radius 1 is 1.00 bits per heavy atom. The molecule has 4 heterocycles. The molecule has 3 amide bonds.